The molecule has 2 aliphatic rings. The first kappa shape index (κ1) is 28.1. The molecule has 0 saturated carbocycles. The molecule has 3 aromatic rings. The summed E-state index contributed by atoms with van der Waals surface area (Å²) in [6, 6.07) is 20.2. The average molecular weight is 567 g/mol. The minimum atomic E-state index is -4.87. The van der Waals surface area contributed by atoms with Crippen LogP contribution >= 0.6 is 0 Å². The third-order valence-corrected chi connectivity index (χ3v) is 7.35. The van der Waals surface area contributed by atoms with Gasteiger partial charge in [-0.25, -0.2) is 0 Å². The number of hydrogen-bond acceptors (Lipinski definition) is 5. The van der Waals surface area contributed by atoms with Gasteiger partial charge < -0.3 is 24.8 Å². The number of nitrogens with zero attached hydrogens (tertiary/aromatic N) is 1. The summed E-state index contributed by atoms with van der Waals surface area (Å²) in [7, 11) is 0. The molecule has 5 rings (SSSR count). The minimum Gasteiger partial charge on any atom is -0.406 e. The van der Waals surface area contributed by atoms with Crippen molar-refractivity contribution in [3.05, 3.63) is 89.5 Å². The van der Waals surface area contributed by atoms with E-state index in [0.29, 0.717) is 30.0 Å². The number of fused-ring (bicyclic) bond motifs is 1. The third kappa shape index (κ3) is 6.15. The summed E-state index contributed by atoms with van der Waals surface area (Å²) >= 11 is 0. The van der Waals surface area contributed by atoms with Gasteiger partial charge in [-0.05, 0) is 59.9 Å². The van der Waals surface area contributed by atoms with Crippen molar-refractivity contribution in [3.63, 3.8) is 0 Å². The summed E-state index contributed by atoms with van der Waals surface area (Å²) in [5, 5.41) is 13.4. The maximum Gasteiger partial charge on any atom is 0.573 e. The molecule has 5 nitrogen and oxygen atoms in total. The number of aliphatic hydroxyl groups excluding tert-OH is 1. The smallest absolute Gasteiger partial charge is 0.406 e. The van der Waals surface area contributed by atoms with E-state index in [2.05, 4.69) is 10.1 Å². The van der Waals surface area contributed by atoms with Gasteiger partial charge in [0.2, 0.25) is 0 Å². The van der Waals surface area contributed by atoms with Crippen LogP contribution in [-0.2, 0) is 16.6 Å². The topological polar surface area (TPSA) is 54.0 Å². The molecule has 2 aliphatic heterocycles. The molecule has 3 atom stereocenters. The van der Waals surface area contributed by atoms with Crippen molar-refractivity contribution in [1.29, 1.82) is 0 Å². The molecule has 2 heterocycles. The fourth-order valence-corrected chi connectivity index (χ4v) is 5.62. The number of para-hydroxylation sites is 1. The standard InChI is InChI=1S/C29H28F6N2O3/c30-28(31,32)26(38)16-37-18-27(24-9-1-2-10-25(24)37,15-19-5-3-8-23(13-19)40-29(33,34)35)20-6-4-7-21(14-20)36-22-11-12-39-17-22/h1-10,13-14,22,26,36,38H,11-12,15-18H2. The summed E-state index contributed by atoms with van der Waals surface area (Å²) in [5.74, 6) is -0.382. The van der Waals surface area contributed by atoms with E-state index in [4.69, 9.17) is 4.74 Å². The number of alkyl halides is 6. The number of aliphatic hydroxyl groups is 1. The lowest BCUT2D eigenvalue weighted by Gasteiger charge is -2.33. The highest BCUT2D eigenvalue weighted by Crippen LogP contribution is 2.48. The lowest BCUT2D eigenvalue weighted by molar-refractivity contribution is -0.274. The molecule has 1 fully saturated rings. The average Bonchev–Trinajstić information content (AvgIpc) is 3.50. The van der Waals surface area contributed by atoms with Crippen LogP contribution in [0.15, 0.2) is 72.8 Å². The number of nitrogens with one attached hydrogen (secondary N) is 1. The Bertz CT molecular complexity index is 1330. The molecule has 0 aliphatic carbocycles. The van der Waals surface area contributed by atoms with Crippen LogP contribution in [0.3, 0.4) is 0 Å². The van der Waals surface area contributed by atoms with Gasteiger partial charge in [0.15, 0.2) is 6.10 Å². The van der Waals surface area contributed by atoms with Crippen molar-refractivity contribution in [2.24, 2.45) is 0 Å². The van der Waals surface area contributed by atoms with E-state index in [1.54, 1.807) is 24.3 Å². The van der Waals surface area contributed by atoms with Crippen LogP contribution in [-0.4, -0.2) is 56.1 Å². The Morgan fingerprint density at radius 2 is 1.77 bits per heavy atom. The zero-order chi connectivity index (χ0) is 28.5. The number of ether oxygens (including phenoxy) is 2. The van der Waals surface area contributed by atoms with Gasteiger partial charge in [0.05, 0.1) is 19.2 Å². The minimum absolute atomic E-state index is 0.0693. The van der Waals surface area contributed by atoms with Gasteiger partial charge >= 0.3 is 12.5 Å². The fourth-order valence-electron chi connectivity index (χ4n) is 5.62. The zero-order valence-corrected chi connectivity index (χ0v) is 21.3. The lowest BCUT2D eigenvalue weighted by atomic mass is 9.71. The highest BCUT2D eigenvalue weighted by Gasteiger charge is 2.47. The van der Waals surface area contributed by atoms with Crippen LogP contribution in [0.2, 0.25) is 0 Å². The molecule has 0 bridgehead atoms. The van der Waals surface area contributed by atoms with Crippen molar-refractivity contribution in [1.82, 2.24) is 0 Å². The van der Waals surface area contributed by atoms with E-state index in [1.165, 1.54) is 23.1 Å². The summed E-state index contributed by atoms with van der Waals surface area (Å²) in [4.78, 5) is 1.49. The van der Waals surface area contributed by atoms with E-state index in [1.807, 2.05) is 30.3 Å². The molecule has 1 saturated heterocycles. The van der Waals surface area contributed by atoms with Crippen LogP contribution in [0.5, 0.6) is 5.75 Å². The van der Waals surface area contributed by atoms with E-state index in [0.717, 1.165) is 17.7 Å². The Kier molecular flexibility index (Phi) is 7.62. The second kappa shape index (κ2) is 10.9. The van der Waals surface area contributed by atoms with Crippen LogP contribution in [0, 0.1) is 0 Å². The molecule has 0 amide bonds. The van der Waals surface area contributed by atoms with Gasteiger partial charge in [0, 0.05) is 29.9 Å². The van der Waals surface area contributed by atoms with Crippen LogP contribution < -0.4 is 15.0 Å². The van der Waals surface area contributed by atoms with E-state index < -0.39 is 30.6 Å². The quantitative estimate of drug-likeness (QED) is 0.325. The molecule has 40 heavy (non-hydrogen) atoms. The van der Waals surface area contributed by atoms with Gasteiger partial charge in [0.25, 0.3) is 0 Å². The molecule has 214 valence electrons. The molecule has 3 unspecified atom stereocenters. The molecular formula is C29H28F6N2O3. The predicted octanol–water partition coefficient (Wildman–Crippen LogP) is 6.06. The molecule has 11 heteroatoms. The van der Waals surface area contributed by atoms with Crippen molar-refractivity contribution < 1.29 is 40.9 Å². The number of benzene rings is 3. The molecule has 0 spiro atoms. The van der Waals surface area contributed by atoms with Crippen LogP contribution in [0.4, 0.5) is 37.7 Å². The first-order valence-corrected chi connectivity index (χ1v) is 12.8. The molecule has 2 N–H and O–H groups in total. The number of β-amino-alcohol motifs (C(OH)–C–C–N with tert-alkyl or cyclic N) is 1. The zero-order valence-electron chi connectivity index (χ0n) is 21.3. The monoisotopic (exact) mass is 566 g/mol. The molecule has 0 radical (unpaired) electrons. The first-order chi connectivity index (χ1) is 18.9. The van der Waals surface area contributed by atoms with Crippen LogP contribution in [0.25, 0.3) is 0 Å². The normalized spacial score (nSPS) is 21.8. The summed E-state index contributed by atoms with van der Waals surface area (Å²) in [5.41, 5.74) is 2.38. The van der Waals surface area contributed by atoms with Gasteiger partial charge in [-0.2, -0.15) is 13.2 Å². The maximum atomic E-state index is 13.4. The number of halogens is 6. The fraction of sp³-hybridized carbons (Fsp3) is 0.379. The Hall–Kier alpha value is -3.44. The molecule has 0 aromatic heterocycles. The predicted molar refractivity (Wildman–Crippen MR) is 138 cm³/mol. The molecule has 3 aromatic carbocycles. The van der Waals surface area contributed by atoms with Crippen molar-refractivity contribution >= 4 is 11.4 Å². The van der Waals surface area contributed by atoms with Gasteiger partial charge in [-0.15, -0.1) is 13.2 Å². The van der Waals surface area contributed by atoms with Crippen molar-refractivity contribution in [3.8, 4) is 5.75 Å². The number of rotatable bonds is 8. The number of hydrogen-bond donors (Lipinski definition) is 2. The van der Waals surface area contributed by atoms with E-state index in [-0.39, 0.29) is 24.8 Å². The second-order valence-corrected chi connectivity index (χ2v) is 10.2. The number of anilines is 2. The Morgan fingerprint density at radius 1 is 1.00 bits per heavy atom. The van der Waals surface area contributed by atoms with Crippen molar-refractivity contribution in [2.75, 3.05) is 36.5 Å². The largest absolute Gasteiger partial charge is 0.573 e. The Morgan fingerprint density at radius 3 is 2.50 bits per heavy atom. The van der Waals surface area contributed by atoms with Crippen molar-refractivity contribution in [2.45, 2.75) is 42.9 Å². The van der Waals surface area contributed by atoms with Gasteiger partial charge in [-0.3, -0.25) is 0 Å². The third-order valence-electron chi connectivity index (χ3n) is 7.35. The molecular weight excluding hydrogens is 538 g/mol. The van der Waals surface area contributed by atoms with Gasteiger partial charge in [-0.1, -0.05) is 42.5 Å². The highest BCUT2D eigenvalue weighted by molar-refractivity contribution is 5.68. The SMILES string of the molecule is OC(CN1CC(Cc2cccc(OC(F)(F)F)c2)(c2cccc(NC3CCOC3)c2)c2ccccc21)C(F)(F)F. The summed E-state index contributed by atoms with van der Waals surface area (Å²) < 4.78 is 88.5. The maximum absolute atomic E-state index is 13.4. The summed E-state index contributed by atoms with van der Waals surface area (Å²) in [6.07, 6.45) is -11.3. The summed E-state index contributed by atoms with van der Waals surface area (Å²) in [6.45, 7) is 0.575. The van der Waals surface area contributed by atoms with E-state index in [9.17, 15) is 31.4 Å². The Labute approximate surface area is 227 Å². The van der Waals surface area contributed by atoms with E-state index >= 15 is 0 Å². The highest BCUT2D eigenvalue weighted by atomic mass is 19.4. The lowest BCUT2D eigenvalue weighted by Crippen LogP contribution is -2.44. The van der Waals surface area contributed by atoms with Crippen LogP contribution in [0.1, 0.15) is 23.1 Å². The Balaban J connectivity index is 1.58. The first-order valence-electron chi connectivity index (χ1n) is 12.8. The second-order valence-electron chi connectivity index (χ2n) is 10.2. The van der Waals surface area contributed by atoms with Gasteiger partial charge in [0.1, 0.15) is 5.75 Å².